The van der Waals surface area contributed by atoms with E-state index in [0.29, 0.717) is 0 Å². The molecule has 1 atom stereocenters. The number of halogens is 1. The van der Waals surface area contributed by atoms with E-state index in [-0.39, 0.29) is 0 Å². The summed E-state index contributed by atoms with van der Waals surface area (Å²) in [7, 11) is 0. The first-order chi connectivity index (χ1) is 7.66. The summed E-state index contributed by atoms with van der Waals surface area (Å²) in [6.07, 6.45) is 5.83. The fraction of sp³-hybridized carbons (Fsp3) is 0.615. The molecule has 1 aromatic heterocycles. The first-order valence-electron chi connectivity index (χ1n) is 6.04. The summed E-state index contributed by atoms with van der Waals surface area (Å²) in [5, 5.41) is 0. The smallest absolute Gasteiger partial charge is 0.131 e. The molecule has 1 aliphatic rings. The van der Waals surface area contributed by atoms with Gasteiger partial charge in [-0.1, -0.05) is 6.92 Å². The maximum Gasteiger partial charge on any atom is 0.131 e. The largest absolute Gasteiger partial charge is 0.356 e. The Labute approximate surface area is 106 Å². The highest BCUT2D eigenvalue weighted by atomic mass is 79.9. The molecule has 0 spiro atoms. The van der Waals surface area contributed by atoms with E-state index in [1.165, 1.54) is 24.8 Å². The average Bonchev–Trinajstić information content (AvgIpc) is 2.43. The molecule has 1 saturated heterocycles. The molecular formula is C13H19BrN2. The summed E-state index contributed by atoms with van der Waals surface area (Å²) in [5.74, 6) is 2.03. The van der Waals surface area contributed by atoms with Gasteiger partial charge in [-0.3, -0.25) is 0 Å². The molecule has 1 aromatic rings. The van der Waals surface area contributed by atoms with Crippen molar-refractivity contribution < 1.29 is 0 Å². The van der Waals surface area contributed by atoms with Crippen molar-refractivity contribution >= 4 is 21.7 Å². The molecule has 1 fully saturated rings. The minimum absolute atomic E-state index is 0.862. The standard InChI is InChI=1S/C13H19BrN2/c1-10-4-3-6-16(7-5-10)13-11(2)8-12(14)9-15-13/h8-10H,3-7H2,1-2H3. The Kier molecular flexibility index (Phi) is 3.85. The van der Waals surface area contributed by atoms with Gasteiger partial charge in [0, 0.05) is 23.8 Å². The quantitative estimate of drug-likeness (QED) is 0.779. The maximum atomic E-state index is 4.55. The zero-order valence-corrected chi connectivity index (χ0v) is 11.6. The van der Waals surface area contributed by atoms with Crippen molar-refractivity contribution in [3.8, 4) is 0 Å². The van der Waals surface area contributed by atoms with Crippen LogP contribution in [0.3, 0.4) is 0 Å². The van der Waals surface area contributed by atoms with E-state index in [4.69, 9.17) is 0 Å². The van der Waals surface area contributed by atoms with E-state index in [1.807, 2.05) is 6.20 Å². The molecule has 0 amide bonds. The minimum Gasteiger partial charge on any atom is -0.356 e. The van der Waals surface area contributed by atoms with Gasteiger partial charge in [-0.05, 0) is 59.7 Å². The molecule has 0 radical (unpaired) electrons. The van der Waals surface area contributed by atoms with Crippen molar-refractivity contribution in [1.29, 1.82) is 0 Å². The van der Waals surface area contributed by atoms with Gasteiger partial charge in [0.25, 0.3) is 0 Å². The highest BCUT2D eigenvalue weighted by Crippen LogP contribution is 2.25. The van der Waals surface area contributed by atoms with Gasteiger partial charge in [0.1, 0.15) is 5.82 Å². The summed E-state index contributed by atoms with van der Waals surface area (Å²) >= 11 is 3.46. The first-order valence-corrected chi connectivity index (χ1v) is 6.83. The molecule has 0 aromatic carbocycles. The van der Waals surface area contributed by atoms with Crippen LogP contribution in [0.1, 0.15) is 31.7 Å². The van der Waals surface area contributed by atoms with Crippen molar-refractivity contribution in [2.75, 3.05) is 18.0 Å². The summed E-state index contributed by atoms with van der Waals surface area (Å²) in [6, 6.07) is 2.15. The molecule has 2 heterocycles. The molecule has 2 nitrogen and oxygen atoms in total. The van der Waals surface area contributed by atoms with Gasteiger partial charge in [-0.25, -0.2) is 4.98 Å². The van der Waals surface area contributed by atoms with Crippen LogP contribution >= 0.6 is 15.9 Å². The number of hydrogen-bond donors (Lipinski definition) is 0. The third-order valence-electron chi connectivity index (χ3n) is 3.33. The van der Waals surface area contributed by atoms with Crippen molar-refractivity contribution in [2.24, 2.45) is 5.92 Å². The van der Waals surface area contributed by atoms with Gasteiger partial charge >= 0.3 is 0 Å². The van der Waals surface area contributed by atoms with Crippen molar-refractivity contribution in [3.63, 3.8) is 0 Å². The van der Waals surface area contributed by atoms with E-state index >= 15 is 0 Å². The van der Waals surface area contributed by atoms with Gasteiger partial charge in [-0.15, -0.1) is 0 Å². The Hall–Kier alpha value is -0.570. The Balaban J connectivity index is 2.16. The number of aromatic nitrogens is 1. The van der Waals surface area contributed by atoms with Crippen LogP contribution in [0.25, 0.3) is 0 Å². The maximum absolute atomic E-state index is 4.55. The summed E-state index contributed by atoms with van der Waals surface area (Å²) < 4.78 is 1.07. The summed E-state index contributed by atoms with van der Waals surface area (Å²) in [5.41, 5.74) is 1.27. The number of hydrogen-bond acceptors (Lipinski definition) is 2. The van der Waals surface area contributed by atoms with E-state index in [2.05, 4.69) is 45.7 Å². The Bertz CT molecular complexity index is 365. The van der Waals surface area contributed by atoms with Crippen LogP contribution in [0.15, 0.2) is 16.7 Å². The number of aryl methyl sites for hydroxylation is 1. The van der Waals surface area contributed by atoms with E-state index < -0.39 is 0 Å². The molecule has 0 bridgehead atoms. The van der Waals surface area contributed by atoms with Crippen LogP contribution in [0.5, 0.6) is 0 Å². The molecule has 16 heavy (non-hydrogen) atoms. The molecule has 0 aliphatic carbocycles. The molecule has 88 valence electrons. The van der Waals surface area contributed by atoms with Crippen molar-refractivity contribution in [2.45, 2.75) is 33.1 Å². The zero-order chi connectivity index (χ0) is 11.5. The van der Waals surface area contributed by atoms with Gasteiger partial charge in [0.2, 0.25) is 0 Å². The van der Waals surface area contributed by atoms with Gasteiger partial charge in [0.15, 0.2) is 0 Å². The lowest BCUT2D eigenvalue weighted by molar-refractivity contribution is 0.521. The Morgan fingerprint density at radius 2 is 2.19 bits per heavy atom. The van der Waals surface area contributed by atoms with Gasteiger partial charge in [0.05, 0.1) is 0 Å². The molecule has 1 unspecified atom stereocenters. The van der Waals surface area contributed by atoms with E-state index in [9.17, 15) is 0 Å². The van der Waals surface area contributed by atoms with Crippen LogP contribution < -0.4 is 4.90 Å². The molecule has 1 aliphatic heterocycles. The lowest BCUT2D eigenvalue weighted by Crippen LogP contribution is -2.25. The molecular weight excluding hydrogens is 264 g/mol. The number of pyridine rings is 1. The average molecular weight is 283 g/mol. The second-order valence-electron chi connectivity index (χ2n) is 4.82. The van der Waals surface area contributed by atoms with E-state index in [1.54, 1.807) is 0 Å². The van der Waals surface area contributed by atoms with Gasteiger partial charge < -0.3 is 4.90 Å². The van der Waals surface area contributed by atoms with Crippen LogP contribution in [0, 0.1) is 12.8 Å². The predicted octanol–water partition coefficient (Wildman–Crippen LogP) is 3.78. The summed E-state index contributed by atoms with van der Waals surface area (Å²) in [6.45, 7) is 6.79. The Morgan fingerprint density at radius 3 is 2.94 bits per heavy atom. The van der Waals surface area contributed by atoms with E-state index in [0.717, 1.165) is 29.3 Å². The van der Waals surface area contributed by atoms with Crippen LogP contribution in [-0.2, 0) is 0 Å². The number of anilines is 1. The second kappa shape index (κ2) is 5.17. The lowest BCUT2D eigenvalue weighted by atomic mass is 10.0. The zero-order valence-electron chi connectivity index (χ0n) is 10.0. The van der Waals surface area contributed by atoms with Crippen LogP contribution in [-0.4, -0.2) is 18.1 Å². The molecule has 3 heteroatoms. The highest BCUT2D eigenvalue weighted by molar-refractivity contribution is 9.10. The normalized spacial score (nSPS) is 21.9. The fourth-order valence-electron chi connectivity index (χ4n) is 2.34. The third kappa shape index (κ3) is 2.76. The number of rotatable bonds is 1. The predicted molar refractivity (Wildman–Crippen MR) is 71.9 cm³/mol. The lowest BCUT2D eigenvalue weighted by Gasteiger charge is -2.23. The minimum atomic E-state index is 0.862. The fourth-order valence-corrected chi connectivity index (χ4v) is 2.78. The molecule has 0 N–H and O–H groups in total. The topological polar surface area (TPSA) is 16.1 Å². The number of nitrogens with zero attached hydrogens (tertiary/aromatic N) is 2. The van der Waals surface area contributed by atoms with Crippen molar-refractivity contribution in [3.05, 3.63) is 22.3 Å². The monoisotopic (exact) mass is 282 g/mol. The third-order valence-corrected chi connectivity index (χ3v) is 3.77. The van der Waals surface area contributed by atoms with Crippen LogP contribution in [0.4, 0.5) is 5.82 Å². The molecule has 0 saturated carbocycles. The Morgan fingerprint density at radius 1 is 1.38 bits per heavy atom. The van der Waals surface area contributed by atoms with Gasteiger partial charge in [-0.2, -0.15) is 0 Å². The molecule has 2 rings (SSSR count). The second-order valence-corrected chi connectivity index (χ2v) is 5.73. The SMILES string of the molecule is Cc1cc(Br)cnc1N1CCCC(C)CC1. The summed E-state index contributed by atoms with van der Waals surface area (Å²) in [4.78, 5) is 6.98. The van der Waals surface area contributed by atoms with Crippen LogP contribution in [0.2, 0.25) is 0 Å². The highest BCUT2D eigenvalue weighted by Gasteiger charge is 2.16. The van der Waals surface area contributed by atoms with Crippen molar-refractivity contribution in [1.82, 2.24) is 4.98 Å². The first kappa shape index (κ1) is 11.9.